The summed E-state index contributed by atoms with van der Waals surface area (Å²) in [5.74, 6) is 0.171. The summed E-state index contributed by atoms with van der Waals surface area (Å²) in [6, 6.07) is 6.32. The largest absolute Gasteiger partial charge is 0.337 e. The number of carbonyl (C=O) groups is 1. The second kappa shape index (κ2) is 5.27. The molecule has 1 aliphatic rings. The van der Waals surface area contributed by atoms with Crippen LogP contribution in [0.15, 0.2) is 24.4 Å². The summed E-state index contributed by atoms with van der Waals surface area (Å²) in [4.78, 5) is 18.3. The van der Waals surface area contributed by atoms with Crippen molar-refractivity contribution in [3.05, 3.63) is 30.1 Å². The Bertz CT molecular complexity index is 380. The van der Waals surface area contributed by atoms with Crippen molar-refractivity contribution in [3.63, 3.8) is 0 Å². The molecule has 17 heavy (non-hydrogen) atoms. The van der Waals surface area contributed by atoms with Gasteiger partial charge in [0.25, 0.3) is 0 Å². The zero-order valence-corrected chi connectivity index (χ0v) is 10.4. The molecule has 4 nitrogen and oxygen atoms in total. The van der Waals surface area contributed by atoms with E-state index in [1.54, 1.807) is 6.20 Å². The van der Waals surface area contributed by atoms with Gasteiger partial charge in [-0.25, -0.2) is 0 Å². The lowest BCUT2D eigenvalue weighted by atomic mass is 10.1. The van der Waals surface area contributed by atoms with Gasteiger partial charge in [-0.15, -0.1) is 0 Å². The van der Waals surface area contributed by atoms with Crippen LogP contribution in [0, 0.1) is 0 Å². The van der Waals surface area contributed by atoms with Crippen molar-refractivity contribution in [1.82, 2.24) is 15.2 Å². The molecular formula is C13H19N3O. The Morgan fingerprint density at radius 2 is 2.35 bits per heavy atom. The molecule has 2 rings (SSSR count). The number of hydrogen-bond donors (Lipinski definition) is 1. The van der Waals surface area contributed by atoms with Crippen molar-refractivity contribution < 1.29 is 4.79 Å². The van der Waals surface area contributed by atoms with Crippen LogP contribution < -0.4 is 5.32 Å². The summed E-state index contributed by atoms with van der Waals surface area (Å²) in [6.07, 6.45) is 2.13. The third-order valence-electron chi connectivity index (χ3n) is 3.14. The summed E-state index contributed by atoms with van der Waals surface area (Å²) < 4.78 is 0. The number of pyridine rings is 1. The molecule has 0 radical (unpaired) electrons. The van der Waals surface area contributed by atoms with Crippen LogP contribution in [-0.4, -0.2) is 41.0 Å². The van der Waals surface area contributed by atoms with E-state index in [1.165, 1.54) is 0 Å². The number of rotatable bonds is 2. The van der Waals surface area contributed by atoms with E-state index in [2.05, 4.69) is 24.1 Å². The van der Waals surface area contributed by atoms with E-state index in [0.29, 0.717) is 12.5 Å². The third-order valence-corrected chi connectivity index (χ3v) is 3.14. The molecule has 4 heteroatoms. The smallest absolute Gasteiger partial charge is 0.228 e. The first kappa shape index (κ1) is 12.0. The van der Waals surface area contributed by atoms with Gasteiger partial charge >= 0.3 is 0 Å². The molecule has 1 N–H and O–H groups in total. The Hall–Kier alpha value is -1.42. The highest BCUT2D eigenvalue weighted by atomic mass is 16.2. The summed E-state index contributed by atoms with van der Waals surface area (Å²) in [5, 5.41) is 3.37. The molecule has 1 aromatic rings. The van der Waals surface area contributed by atoms with E-state index >= 15 is 0 Å². The van der Waals surface area contributed by atoms with Crippen LogP contribution in [0.5, 0.6) is 0 Å². The highest BCUT2D eigenvalue weighted by Crippen LogP contribution is 2.09. The van der Waals surface area contributed by atoms with Crippen molar-refractivity contribution in [1.29, 1.82) is 0 Å². The van der Waals surface area contributed by atoms with E-state index in [1.807, 2.05) is 23.1 Å². The average molecular weight is 233 g/mol. The monoisotopic (exact) mass is 233 g/mol. The van der Waals surface area contributed by atoms with Crippen molar-refractivity contribution in [3.8, 4) is 0 Å². The van der Waals surface area contributed by atoms with E-state index < -0.39 is 0 Å². The maximum absolute atomic E-state index is 12.2. The van der Waals surface area contributed by atoms with Crippen LogP contribution in [0.2, 0.25) is 0 Å². The highest BCUT2D eigenvalue weighted by Gasteiger charge is 2.26. The first-order chi connectivity index (χ1) is 8.16. The third kappa shape index (κ3) is 3.03. The quantitative estimate of drug-likeness (QED) is 0.823. The van der Waals surface area contributed by atoms with Gasteiger partial charge in [0, 0.05) is 37.1 Å². The van der Waals surface area contributed by atoms with Gasteiger partial charge in [-0.2, -0.15) is 0 Å². The zero-order valence-electron chi connectivity index (χ0n) is 10.4. The topological polar surface area (TPSA) is 45.2 Å². The summed E-state index contributed by atoms with van der Waals surface area (Å²) in [5.41, 5.74) is 0.843. The van der Waals surface area contributed by atoms with Gasteiger partial charge in [-0.05, 0) is 26.0 Å². The first-order valence-corrected chi connectivity index (χ1v) is 6.09. The standard InChI is InChI=1S/C13H19N3O/c1-10-9-16(11(2)8-15-10)13(17)7-12-5-3-4-6-14-12/h3-6,10-11,15H,7-9H2,1-2H3. The number of nitrogens with one attached hydrogen (secondary N) is 1. The normalized spacial score (nSPS) is 24.7. The molecule has 0 saturated carbocycles. The SMILES string of the molecule is CC1CN(C(=O)Cc2ccccn2)C(C)CN1. The molecule has 2 atom stereocenters. The fraction of sp³-hybridized carbons (Fsp3) is 0.538. The molecule has 92 valence electrons. The number of aromatic nitrogens is 1. The Morgan fingerprint density at radius 1 is 1.53 bits per heavy atom. The molecule has 2 unspecified atom stereocenters. The number of nitrogens with zero attached hydrogens (tertiary/aromatic N) is 2. The van der Waals surface area contributed by atoms with Crippen LogP contribution >= 0.6 is 0 Å². The number of carbonyl (C=O) groups excluding carboxylic acids is 1. The van der Waals surface area contributed by atoms with Crippen molar-refractivity contribution >= 4 is 5.91 Å². The van der Waals surface area contributed by atoms with Gasteiger partial charge < -0.3 is 10.2 Å². The molecule has 0 bridgehead atoms. The predicted octanol–water partition coefficient (Wildman–Crippen LogP) is 0.833. The minimum absolute atomic E-state index is 0.171. The van der Waals surface area contributed by atoms with E-state index in [0.717, 1.165) is 18.8 Å². The Balaban J connectivity index is 1.99. The fourth-order valence-electron chi connectivity index (χ4n) is 2.13. The minimum atomic E-state index is 0.171. The second-order valence-corrected chi connectivity index (χ2v) is 4.70. The Morgan fingerprint density at radius 3 is 3.06 bits per heavy atom. The molecule has 1 amide bonds. The van der Waals surface area contributed by atoms with Crippen LogP contribution in [-0.2, 0) is 11.2 Å². The lowest BCUT2D eigenvalue weighted by Gasteiger charge is -2.37. The van der Waals surface area contributed by atoms with Crippen LogP contribution in [0.25, 0.3) is 0 Å². The predicted molar refractivity (Wildman–Crippen MR) is 66.6 cm³/mol. The maximum Gasteiger partial charge on any atom is 0.228 e. The van der Waals surface area contributed by atoms with E-state index in [-0.39, 0.29) is 11.9 Å². The molecular weight excluding hydrogens is 214 g/mol. The minimum Gasteiger partial charge on any atom is -0.337 e. The Labute approximate surface area is 102 Å². The van der Waals surface area contributed by atoms with E-state index in [4.69, 9.17) is 0 Å². The second-order valence-electron chi connectivity index (χ2n) is 4.70. The van der Waals surface area contributed by atoms with Gasteiger partial charge in [0.15, 0.2) is 0 Å². The van der Waals surface area contributed by atoms with Crippen LogP contribution in [0.1, 0.15) is 19.5 Å². The maximum atomic E-state index is 12.2. The van der Waals surface area contributed by atoms with Crippen LogP contribution in [0.4, 0.5) is 0 Å². The van der Waals surface area contributed by atoms with Gasteiger partial charge in [0.05, 0.1) is 6.42 Å². The lowest BCUT2D eigenvalue weighted by molar-refractivity contribution is -0.133. The molecule has 0 aliphatic carbocycles. The van der Waals surface area contributed by atoms with Crippen molar-refractivity contribution in [2.45, 2.75) is 32.4 Å². The Kier molecular flexibility index (Phi) is 3.74. The highest BCUT2D eigenvalue weighted by molar-refractivity contribution is 5.78. The molecule has 1 aliphatic heterocycles. The number of hydrogen-bond acceptors (Lipinski definition) is 3. The van der Waals surface area contributed by atoms with Gasteiger partial charge in [0.2, 0.25) is 5.91 Å². The molecule has 2 heterocycles. The molecule has 1 aromatic heterocycles. The van der Waals surface area contributed by atoms with Gasteiger partial charge in [-0.3, -0.25) is 9.78 Å². The van der Waals surface area contributed by atoms with Gasteiger partial charge in [-0.1, -0.05) is 6.07 Å². The van der Waals surface area contributed by atoms with Crippen molar-refractivity contribution in [2.75, 3.05) is 13.1 Å². The fourth-order valence-corrected chi connectivity index (χ4v) is 2.13. The lowest BCUT2D eigenvalue weighted by Crippen LogP contribution is -2.56. The summed E-state index contributed by atoms with van der Waals surface area (Å²) in [6.45, 7) is 5.84. The zero-order chi connectivity index (χ0) is 12.3. The van der Waals surface area contributed by atoms with E-state index in [9.17, 15) is 4.79 Å². The first-order valence-electron chi connectivity index (χ1n) is 6.09. The molecule has 1 saturated heterocycles. The van der Waals surface area contributed by atoms with Gasteiger partial charge in [0.1, 0.15) is 0 Å². The number of amides is 1. The average Bonchev–Trinajstić information content (AvgIpc) is 2.33. The molecule has 1 fully saturated rings. The summed E-state index contributed by atoms with van der Waals surface area (Å²) in [7, 11) is 0. The van der Waals surface area contributed by atoms with Crippen molar-refractivity contribution in [2.24, 2.45) is 0 Å². The summed E-state index contributed by atoms with van der Waals surface area (Å²) >= 11 is 0. The van der Waals surface area contributed by atoms with Crippen LogP contribution in [0.3, 0.4) is 0 Å². The molecule has 0 spiro atoms. The number of piperazine rings is 1. The molecule has 0 aromatic carbocycles.